The molecule has 1 aromatic heterocycles. The summed E-state index contributed by atoms with van der Waals surface area (Å²) in [7, 11) is 0. The average Bonchev–Trinajstić information content (AvgIpc) is 2.80. The molecule has 0 radical (unpaired) electrons. The molecule has 1 aromatic carbocycles. The highest BCUT2D eigenvalue weighted by Crippen LogP contribution is 2.09. The summed E-state index contributed by atoms with van der Waals surface area (Å²) < 4.78 is 2.17. The van der Waals surface area contributed by atoms with E-state index < -0.39 is 0 Å². The largest absolute Gasteiger partial charge is 0.508 e. The van der Waals surface area contributed by atoms with Crippen molar-refractivity contribution in [1.29, 1.82) is 0 Å². The van der Waals surface area contributed by atoms with Gasteiger partial charge >= 0.3 is 0 Å². The molecule has 0 saturated heterocycles. The van der Waals surface area contributed by atoms with Gasteiger partial charge in [-0.25, -0.2) is 4.98 Å². The lowest BCUT2D eigenvalue weighted by Crippen LogP contribution is -2.16. The third-order valence-electron chi connectivity index (χ3n) is 2.81. The van der Waals surface area contributed by atoms with Gasteiger partial charge in [-0.1, -0.05) is 19.1 Å². The smallest absolute Gasteiger partial charge is 0.122 e. The van der Waals surface area contributed by atoms with Crippen LogP contribution in [0.4, 0.5) is 0 Å². The van der Waals surface area contributed by atoms with E-state index >= 15 is 0 Å². The van der Waals surface area contributed by atoms with Crippen molar-refractivity contribution in [2.75, 3.05) is 0 Å². The number of aryl methyl sites for hydroxylation is 1. The van der Waals surface area contributed by atoms with Gasteiger partial charge in [-0.2, -0.15) is 0 Å². The summed E-state index contributed by atoms with van der Waals surface area (Å²) >= 11 is 0. The molecule has 0 fully saturated rings. The van der Waals surface area contributed by atoms with E-state index in [1.807, 2.05) is 24.5 Å². The summed E-state index contributed by atoms with van der Waals surface area (Å²) in [5.74, 6) is 1.37. The monoisotopic (exact) mass is 245 g/mol. The number of rotatable bonds is 6. The van der Waals surface area contributed by atoms with E-state index in [-0.39, 0.29) is 0 Å². The lowest BCUT2D eigenvalue weighted by Gasteiger charge is -2.08. The fraction of sp³-hybridized carbons (Fsp3) is 0.357. The van der Waals surface area contributed by atoms with Crippen molar-refractivity contribution in [3.63, 3.8) is 0 Å². The van der Waals surface area contributed by atoms with Crippen LogP contribution in [0.5, 0.6) is 5.75 Å². The molecule has 0 atom stereocenters. The summed E-state index contributed by atoms with van der Waals surface area (Å²) in [6, 6.07) is 7.24. The third-order valence-corrected chi connectivity index (χ3v) is 2.81. The van der Waals surface area contributed by atoms with Crippen molar-refractivity contribution in [3.8, 4) is 5.75 Å². The predicted molar refractivity (Wildman–Crippen MR) is 71.2 cm³/mol. The summed E-state index contributed by atoms with van der Waals surface area (Å²) in [6.07, 6.45) is 4.97. The molecule has 0 aliphatic carbocycles. The van der Waals surface area contributed by atoms with Gasteiger partial charge in [0.2, 0.25) is 0 Å². The highest BCUT2D eigenvalue weighted by atomic mass is 16.3. The maximum Gasteiger partial charge on any atom is 0.122 e. The van der Waals surface area contributed by atoms with Crippen LogP contribution in [-0.2, 0) is 19.6 Å². The molecule has 2 rings (SSSR count). The number of aromatic hydroxyl groups is 1. The highest BCUT2D eigenvalue weighted by molar-refractivity contribution is 5.25. The van der Waals surface area contributed by atoms with E-state index in [1.54, 1.807) is 12.1 Å². The minimum atomic E-state index is 0.303. The normalized spacial score (nSPS) is 10.7. The van der Waals surface area contributed by atoms with Crippen molar-refractivity contribution in [2.45, 2.75) is 33.0 Å². The van der Waals surface area contributed by atoms with Crippen molar-refractivity contribution >= 4 is 0 Å². The topological polar surface area (TPSA) is 50.1 Å². The fourth-order valence-electron chi connectivity index (χ4n) is 1.88. The van der Waals surface area contributed by atoms with E-state index in [2.05, 4.69) is 21.8 Å². The van der Waals surface area contributed by atoms with Gasteiger partial charge in [0.25, 0.3) is 0 Å². The van der Waals surface area contributed by atoms with Gasteiger partial charge in [0.15, 0.2) is 0 Å². The van der Waals surface area contributed by atoms with Crippen LogP contribution in [0.2, 0.25) is 0 Å². The van der Waals surface area contributed by atoms with Crippen LogP contribution in [0.15, 0.2) is 36.7 Å². The second kappa shape index (κ2) is 6.21. The van der Waals surface area contributed by atoms with E-state index in [9.17, 15) is 5.11 Å². The fourth-order valence-corrected chi connectivity index (χ4v) is 1.88. The number of imidazole rings is 1. The number of nitrogens with one attached hydrogen (secondary N) is 1. The molecule has 0 unspecified atom stereocenters. The average molecular weight is 245 g/mol. The Morgan fingerprint density at radius 1 is 1.22 bits per heavy atom. The van der Waals surface area contributed by atoms with Gasteiger partial charge in [0, 0.05) is 25.5 Å². The Labute approximate surface area is 107 Å². The highest BCUT2D eigenvalue weighted by Gasteiger charge is 2.01. The Hall–Kier alpha value is -1.81. The Bertz CT molecular complexity index is 476. The molecule has 2 N–H and O–H groups in total. The molecule has 1 heterocycles. The van der Waals surface area contributed by atoms with Gasteiger partial charge in [0.05, 0.1) is 6.54 Å². The number of hydrogen-bond donors (Lipinski definition) is 2. The summed E-state index contributed by atoms with van der Waals surface area (Å²) in [6.45, 7) is 4.71. The van der Waals surface area contributed by atoms with E-state index in [0.29, 0.717) is 5.75 Å². The molecule has 18 heavy (non-hydrogen) atoms. The van der Waals surface area contributed by atoms with Crippen molar-refractivity contribution < 1.29 is 5.11 Å². The second-order valence-corrected chi connectivity index (χ2v) is 4.31. The molecule has 0 saturated carbocycles. The molecule has 0 amide bonds. The standard InChI is InChI=1S/C14H19N3O/c1-2-8-17-9-7-16-14(17)11-15-10-12-3-5-13(18)6-4-12/h3-7,9,15,18H,2,8,10-11H2,1H3. The molecule has 0 bridgehead atoms. The zero-order chi connectivity index (χ0) is 12.8. The van der Waals surface area contributed by atoms with Crippen LogP contribution < -0.4 is 5.32 Å². The molecule has 0 spiro atoms. The Balaban J connectivity index is 1.84. The van der Waals surface area contributed by atoms with Gasteiger partial charge in [-0.15, -0.1) is 0 Å². The molecule has 96 valence electrons. The van der Waals surface area contributed by atoms with Crippen LogP contribution in [0.25, 0.3) is 0 Å². The first-order valence-corrected chi connectivity index (χ1v) is 6.28. The van der Waals surface area contributed by atoms with E-state index in [0.717, 1.165) is 37.4 Å². The van der Waals surface area contributed by atoms with E-state index in [1.165, 1.54) is 0 Å². The Kier molecular flexibility index (Phi) is 4.36. The number of aromatic nitrogens is 2. The third kappa shape index (κ3) is 3.34. The van der Waals surface area contributed by atoms with E-state index in [4.69, 9.17) is 0 Å². The first-order valence-electron chi connectivity index (χ1n) is 6.28. The second-order valence-electron chi connectivity index (χ2n) is 4.31. The quantitative estimate of drug-likeness (QED) is 0.821. The first kappa shape index (κ1) is 12.6. The van der Waals surface area contributed by atoms with Crippen molar-refractivity contribution in [2.24, 2.45) is 0 Å². The molecule has 2 aromatic rings. The van der Waals surface area contributed by atoms with Crippen LogP contribution in [0, 0.1) is 0 Å². The number of nitrogens with zero attached hydrogens (tertiary/aromatic N) is 2. The van der Waals surface area contributed by atoms with Gasteiger partial charge in [-0.3, -0.25) is 0 Å². The molecule has 4 heteroatoms. The van der Waals surface area contributed by atoms with Gasteiger partial charge in [0.1, 0.15) is 11.6 Å². The van der Waals surface area contributed by atoms with Crippen molar-refractivity contribution in [1.82, 2.24) is 14.9 Å². The van der Waals surface area contributed by atoms with Crippen molar-refractivity contribution in [3.05, 3.63) is 48.0 Å². The molecule has 0 aliphatic heterocycles. The summed E-state index contributed by atoms with van der Waals surface area (Å²) in [4.78, 5) is 4.34. The van der Waals surface area contributed by atoms with Gasteiger partial charge in [-0.05, 0) is 24.1 Å². The van der Waals surface area contributed by atoms with Crippen LogP contribution in [0.1, 0.15) is 24.7 Å². The van der Waals surface area contributed by atoms with Crippen LogP contribution in [-0.4, -0.2) is 14.7 Å². The van der Waals surface area contributed by atoms with Crippen LogP contribution >= 0.6 is 0 Å². The first-order chi connectivity index (χ1) is 8.79. The number of benzene rings is 1. The number of phenolic OH excluding ortho intramolecular Hbond substituents is 1. The maximum atomic E-state index is 9.19. The number of hydrogen-bond acceptors (Lipinski definition) is 3. The Morgan fingerprint density at radius 3 is 2.72 bits per heavy atom. The maximum absolute atomic E-state index is 9.19. The summed E-state index contributed by atoms with van der Waals surface area (Å²) in [5, 5.41) is 12.6. The molecule has 4 nitrogen and oxygen atoms in total. The lowest BCUT2D eigenvalue weighted by atomic mass is 10.2. The zero-order valence-electron chi connectivity index (χ0n) is 10.6. The van der Waals surface area contributed by atoms with Gasteiger partial charge < -0.3 is 15.0 Å². The Morgan fingerprint density at radius 2 is 2.00 bits per heavy atom. The molecular weight excluding hydrogens is 226 g/mol. The minimum Gasteiger partial charge on any atom is -0.508 e. The zero-order valence-corrected chi connectivity index (χ0v) is 10.6. The predicted octanol–water partition coefficient (Wildman–Crippen LogP) is 2.29. The summed E-state index contributed by atoms with van der Waals surface area (Å²) in [5.41, 5.74) is 1.15. The SMILES string of the molecule is CCCn1ccnc1CNCc1ccc(O)cc1. The lowest BCUT2D eigenvalue weighted by molar-refractivity contribution is 0.475. The molecule has 0 aliphatic rings. The van der Waals surface area contributed by atoms with Crippen LogP contribution in [0.3, 0.4) is 0 Å². The molecular formula is C14H19N3O. The number of phenols is 1. The minimum absolute atomic E-state index is 0.303.